The summed E-state index contributed by atoms with van der Waals surface area (Å²) < 4.78 is 19.5. The summed E-state index contributed by atoms with van der Waals surface area (Å²) in [5.74, 6) is 0.812. The van der Waals surface area contributed by atoms with Crippen molar-refractivity contribution >= 4 is 11.6 Å². The molecule has 1 amide bonds. The van der Waals surface area contributed by atoms with E-state index in [1.54, 1.807) is 12.1 Å². The number of hydrogen-bond acceptors (Lipinski definition) is 4. The van der Waals surface area contributed by atoms with Gasteiger partial charge in [0, 0.05) is 44.4 Å². The normalized spacial score (nSPS) is 23.5. The minimum atomic E-state index is -0.449. The topological polar surface area (TPSA) is 36.0 Å². The van der Waals surface area contributed by atoms with E-state index in [4.69, 9.17) is 4.74 Å². The second kappa shape index (κ2) is 7.02. The maximum Gasteiger partial charge on any atom is 0.249 e. The molecule has 0 aromatic heterocycles. The number of carbonyl (C=O) groups is 1. The Labute approximate surface area is 170 Å². The number of likely N-dealkylation sites (tertiary alicyclic amines) is 1. The molecule has 1 unspecified atom stereocenters. The average Bonchev–Trinajstić information content (AvgIpc) is 3.24. The molecule has 0 saturated carbocycles. The zero-order valence-electron chi connectivity index (χ0n) is 16.7. The van der Waals surface area contributed by atoms with E-state index in [1.807, 2.05) is 30.1 Å². The maximum absolute atomic E-state index is 13.5. The van der Waals surface area contributed by atoms with Gasteiger partial charge in [0.15, 0.2) is 0 Å². The molecule has 152 valence electrons. The predicted molar refractivity (Wildman–Crippen MR) is 109 cm³/mol. The molecular formula is C23H26FN3O2. The first-order valence-corrected chi connectivity index (χ1v) is 10.3. The summed E-state index contributed by atoms with van der Waals surface area (Å²) >= 11 is 0. The lowest BCUT2D eigenvalue weighted by Gasteiger charge is -2.43. The summed E-state index contributed by atoms with van der Waals surface area (Å²) in [5, 5.41) is 0. The van der Waals surface area contributed by atoms with Crippen LogP contribution in [0.4, 0.5) is 10.1 Å². The van der Waals surface area contributed by atoms with Crippen LogP contribution in [0.3, 0.4) is 0 Å². The van der Waals surface area contributed by atoms with E-state index in [0.717, 1.165) is 55.9 Å². The number of fused-ring (bicyclic) bond motifs is 1. The molecule has 1 atom stereocenters. The van der Waals surface area contributed by atoms with Crippen molar-refractivity contribution in [1.29, 1.82) is 0 Å². The SMILES string of the molecule is CN1CN(c2ccccc2)C2(CCN(CC3Cc4cc(F)ccc4O3)CC2)C1=O. The Bertz CT molecular complexity index is 912. The van der Waals surface area contributed by atoms with Gasteiger partial charge in [-0.1, -0.05) is 18.2 Å². The highest BCUT2D eigenvalue weighted by atomic mass is 19.1. The van der Waals surface area contributed by atoms with Crippen LogP contribution in [0.2, 0.25) is 0 Å². The quantitative estimate of drug-likeness (QED) is 0.801. The molecule has 0 radical (unpaired) electrons. The number of anilines is 1. The molecule has 6 heteroatoms. The fourth-order valence-electron chi connectivity index (χ4n) is 5.09. The van der Waals surface area contributed by atoms with Gasteiger partial charge in [-0.05, 0) is 43.2 Å². The molecule has 5 nitrogen and oxygen atoms in total. The van der Waals surface area contributed by atoms with Crippen LogP contribution in [0.5, 0.6) is 5.75 Å². The van der Waals surface area contributed by atoms with Gasteiger partial charge in [0.05, 0.1) is 6.67 Å². The van der Waals surface area contributed by atoms with Crippen LogP contribution in [0.1, 0.15) is 18.4 Å². The van der Waals surface area contributed by atoms with Crippen LogP contribution in [-0.4, -0.2) is 60.7 Å². The number of para-hydroxylation sites is 1. The number of benzene rings is 2. The van der Waals surface area contributed by atoms with Crippen LogP contribution >= 0.6 is 0 Å². The number of amides is 1. The van der Waals surface area contributed by atoms with Gasteiger partial charge >= 0.3 is 0 Å². The third-order valence-electron chi connectivity index (χ3n) is 6.59. The Morgan fingerprint density at radius 1 is 1.14 bits per heavy atom. The number of rotatable bonds is 3. The zero-order chi connectivity index (χ0) is 20.0. The van der Waals surface area contributed by atoms with Crippen LogP contribution in [0.25, 0.3) is 0 Å². The molecule has 2 fully saturated rings. The molecule has 1 spiro atoms. The van der Waals surface area contributed by atoms with Crippen molar-refractivity contribution in [2.45, 2.75) is 30.9 Å². The third-order valence-corrected chi connectivity index (χ3v) is 6.59. The highest BCUT2D eigenvalue weighted by Gasteiger charge is 2.52. The predicted octanol–water partition coefficient (Wildman–Crippen LogP) is 2.90. The molecule has 29 heavy (non-hydrogen) atoms. The maximum atomic E-state index is 13.5. The number of ether oxygens (including phenoxy) is 1. The molecule has 3 aliphatic rings. The number of piperidine rings is 1. The van der Waals surface area contributed by atoms with Crippen LogP contribution in [0.15, 0.2) is 48.5 Å². The lowest BCUT2D eigenvalue weighted by molar-refractivity contribution is -0.132. The Kier molecular flexibility index (Phi) is 4.46. The zero-order valence-corrected chi connectivity index (χ0v) is 16.7. The fourth-order valence-corrected chi connectivity index (χ4v) is 5.09. The largest absolute Gasteiger partial charge is 0.488 e. The minimum Gasteiger partial charge on any atom is -0.488 e. The first-order valence-electron chi connectivity index (χ1n) is 10.3. The van der Waals surface area contributed by atoms with Gasteiger partial charge in [-0.25, -0.2) is 4.39 Å². The third kappa shape index (κ3) is 3.15. The summed E-state index contributed by atoms with van der Waals surface area (Å²) in [6, 6.07) is 15.0. The van der Waals surface area contributed by atoms with E-state index >= 15 is 0 Å². The highest BCUT2D eigenvalue weighted by molar-refractivity contribution is 5.93. The molecule has 2 saturated heterocycles. The van der Waals surface area contributed by atoms with Crippen LogP contribution in [-0.2, 0) is 11.2 Å². The van der Waals surface area contributed by atoms with Crippen molar-refractivity contribution in [2.75, 3.05) is 38.3 Å². The highest BCUT2D eigenvalue weighted by Crippen LogP contribution is 2.39. The second-order valence-corrected chi connectivity index (χ2v) is 8.44. The van der Waals surface area contributed by atoms with E-state index in [1.165, 1.54) is 6.07 Å². The molecule has 5 rings (SSSR count). The van der Waals surface area contributed by atoms with Gasteiger partial charge in [0.1, 0.15) is 23.2 Å². The van der Waals surface area contributed by atoms with Crippen molar-refractivity contribution in [2.24, 2.45) is 0 Å². The number of halogens is 1. The Morgan fingerprint density at radius 3 is 2.66 bits per heavy atom. The molecule has 0 bridgehead atoms. The van der Waals surface area contributed by atoms with Crippen molar-refractivity contribution in [3.05, 3.63) is 59.9 Å². The molecule has 3 heterocycles. The van der Waals surface area contributed by atoms with Gasteiger partial charge in [0.2, 0.25) is 5.91 Å². The van der Waals surface area contributed by atoms with E-state index < -0.39 is 5.54 Å². The smallest absolute Gasteiger partial charge is 0.249 e. The molecule has 3 aliphatic heterocycles. The van der Waals surface area contributed by atoms with Crippen molar-refractivity contribution in [3.63, 3.8) is 0 Å². The first-order chi connectivity index (χ1) is 14.0. The molecule has 2 aromatic carbocycles. The molecule has 2 aromatic rings. The Morgan fingerprint density at radius 2 is 1.90 bits per heavy atom. The van der Waals surface area contributed by atoms with Gasteiger partial charge in [0.25, 0.3) is 0 Å². The van der Waals surface area contributed by atoms with Gasteiger partial charge < -0.3 is 14.5 Å². The van der Waals surface area contributed by atoms with Gasteiger partial charge in [-0.15, -0.1) is 0 Å². The lowest BCUT2D eigenvalue weighted by atomic mass is 9.85. The Hall–Kier alpha value is -2.60. The monoisotopic (exact) mass is 395 g/mol. The minimum absolute atomic E-state index is 0.0491. The van der Waals surface area contributed by atoms with Crippen LogP contribution in [0, 0.1) is 5.82 Å². The van der Waals surface area contributed by atoms with E-state index in [2.05, 4.69) is 21.9 Å². The number of carbonyl (C=O) groups excluding carboxylic acids is 1. The number of hydrogen-bond donors (Lipinski definition) is 0. The standard InChI is InChI=1S/C23H26FN3O2/c1-25-16-27(19-5-3-2-4-6-19)23(22(25)28)9-11-26(12-10-23)15-20-14-17-13-18(24)7-8-21(17)29-20/h2-8,13,20H,9-12,14-16H2,1H3. The van der Waals surface area contributed by atoms with Gasteiger partial charge in [-0.3, -0.25) is 9.69 Å². The summed E-state index contributed by atoms with van der Waals surface area (Å²) in [4.78, 5) is 19.6. The lowest BCUT2D eigenvalue weighted by Crippen LogP contribution is -2.57. The summed E-state index contributed by atoms with van der Waals surface area (Å²) in [5.41, 5.74) is 1.61. The van der Waals surface area contributed by atoms with E-state index in [9.17, 15) is 9.18 Å². The average molecular weight is 395 g/mol. The van der Waals surface area contributed by atoms with Crippen molar-refractivity contribution in [3.8, 4) is 5.75 Å². The van der Waals surface area contributed by atoms with E-state index in [-0.39, 0.29) is 17.8 Å². The van der Waals surface area contributed by atoms with Crippen molar-refractivity contribution in [1.82, 2.24) is 9.80 Å². The van der Waals surface area contributed by atoms with E-state index in [0.29, 0.717) is 6.67 Å². The second-order valence-electron chi connectivity index (χ2n) is 8.44. The number of nitrogens with zero attached hydrogens (tertiary/aromatic N) is 3. The van der Waals surface area contributed by atoms with Gasteiger partial charge in [-0.2, -0.15) is 0 Å². The molecule has 0 N–H and O–H groups in total. The summed E-state index contributed by atoms with van der Waals surface area (Å²) in [7, 11) is 1.89. The summed E-state index contributed by atoms with van der Waals surface area (Å²) in [6.07, 6.45) is 2.40. The molecular weight excluding hydrogens is 369 g/mol. The fraction of sp³-hybridized carbons (Fsp3) is 0.435. The van der Waals surface area contributed by atoms with Crippen molar-refractivity contribution < 1.29 is 13.9 Å². The Balaban J connectivity index is 1.26. The van der Waals surface area contributed by atoms with Crippen LogP contribution < -0.4 is 9.64 Å². The molecule has 0 aliphatic carbocycles. The first kappa shape index (κ1) is 18.4. The number of likely N-dealkylation sites (N-methyl/N-ethyl adjacent to an activating group) is 1. The summed E-state index contributed by atoms with van der Waals surface area (Å²) in [6.45, 7) is 3.15.